The van der Waals surface area contributed by atoms with Crippen LogP contribution in [0.5, 0.6) is 5.75 Å². The molecule has 0 radical (unpaired) electrons. The molecule has 1 unspecified atom stereocenters. The van der Waals surface area contributed by atoms with Gasteiger partial charge in [-0.3, -0.25) is 13.9 Å². The zero-order valence-corrected chi connectivity index (χ0v) is 20.1. The van der Waals surface area contributed by atoms with Crippen molar-refractivity contribution in [3.05, 3.63) is 68.4 Å². The zero-order valence-electron chi connectivity index (χ0n) is 20.1. The number of aromatic nitrogens is 2. The Hall–Kier alpha value is -4.41. The van der Waals surface area contributed by atoms with E-state index in [1.165, 1.54) is 11.6 Å². The average molecular weight is 504 g/mol. The number of nitriles is 1. The van der Waals surface area contributed by atoms with Gasteiger partial charge in [0.1, 0.15) is 30.3 Å². The predicted molar refractivity (Wildman–Crippen MR) is 130 cm³/mol. The number of hydrogen-bond donors (Lipinski definition) is 5. The molecule has 0 spiro atoms. The van der Waals surface area contributed by atoms with Gasteiger partial charge < -0.3 is 30.7 Å². The molecule has 194 valence electrons. The van der Waals surface area contributed by atoms with Gasteiger partial charge in [-0.1, -0.05) is 12.1 Å². The lowest BCUT2D eigenvalue weighted by atomic mass is 10.2. The van der Waals surface area contributed by atoms with Gasteiger partial charge in [0.2, 0.25) is 0 Å². The summed E-state index contributed by atoms with van der Waals surface area (Å²) in [6.07, 6.45) is 0.367. The molecule has 2 rings (SSSR count). The minimum atomic E-state index is -1.26. The number of anilines is 1. The summed E-state index contributed by atoms with van der Waals surface area (Å²) in [5.74, 6) is -1.60. The van der Waals surface area contributed by atoms with Crippen molar-refractivity contribution in [2.24, 2.45) is 14.1 Å². The van der Waals surface area contributed by atoms with Crippen molar-refractivity contribution in [3.63, 3.8) is 0 Å². The average Bonchev–Trinajstić information content (AvgIpc) is 2.86. The normalized spacial score (nSPS) is 11.2. The molecule has 1 aromatic carbocycles. The van der Waals surface area contributed by atoms with E-state index in [4.69, 9.17) is 20.2 Å². The number of carboxylic acids is 2. The number of benzene rings is 1. The van der Waals surface area contributed by atoms with E-state index in [0.717, 1.165) is 4.57 Å². The van der Waals surface area contributed by atoms with Crippen LogP contribution in [0.15, 0.2) is 46.0 Å². The number of aliphatic hydroxyl groups is 1. The van der Waals surface area contributed by atoms with Crippen molar-refractivity contribution >= 4 is 17.8 Å². The molecule has 0 aliphatic rings. The summed E-state index contributed by atoms with van der Waals surface area (Å²) in [4.78, 5) is 43.1. The summed E-state index contributed by atoms with van der Waals surface area (Å²) in [5, 5.41) is 40.8. The standard InChI is InChI=1S/C19H25N5O4.C4H4O4/c1-13-17(23(2)19(27)24(3)18(13)26)22-9-8-21-11-15(25)12-28-16-7-5-4-6-14(16)10-20;5-3(6)1-2-4(7)8/h4-7,15,21-22,25H,8-9,11-12H2,1-3H3;1-2H,(H,5,6)(H,7,8)/b;2-1+. The summed E-state index contributed by atoms with van der Waals surface area (Å²) in [7, 11) is 3.05. The number of nitrogens with one attached hydrogen (secondary N) is 2. The van der Waals surface area contributed by atoms with Gasteiger partial charge >= 0.3 is 17.6 Å². The number of rotatable bonds is 11. The Morgan fingerprint density at radius 2 is 1.72 bits per heavy atom. The number of aliphatic carboxylic acids is 2. The molecule has 0 fully saturated rings. The van der Waals surface area contributed by atoms with Gasteiger partial charge in [-0.2, -0.15) is 5.26 Å². The van der Waals surface area contributed by atoms with E-state index in [9.17, 15) is 24.3 Å². The smallest absolute Gasteiger partial charge is 0.332 e. The van der Waals surface area contributed by atoms with Gasteiger partial charge in [0.05, 0.1) is 11.1 Å². The summed E-state index contributed by atoms with van der Waals surface area (Å²) >= 11 is 0. The van der Waals surface area contributed by atoms with Crippen molar-refractivity contribution in [1.29, 1.82) is 5.26 Å². The molecule has 13 nitrogen and oxygen atoms in total. The van der Waals surface area contributed by atoms with Crippen molar-refractivity contribution in [2.45, 2.75) is 13.0 Å². The molecular formula is C23H29N5O8. The number of para-hydroxylation sites is 1. The molecular weight excluding hydrogens is 474 g/mol. The van der Waals surface area contributed by atoms with E-state index >= 15 is 0 Å². The number of hydrogen-bond acceptors (Lipinski definition) is 9. The van der Waals surface area contributed by atoms with E-state index < -0.39 is 23.7 Å². The molecule has 1 atom stereocenters. The Bertz CT molecular complexity index is 1190. The molecule has 0 bridgehead atoms. The Morgan fingerprint density at radius 1 is 1.11 bits per heavy atom. The van der Waals surface area contributed by atoms with Gasteiger partial charge in [0.25, 0.3) is 5.56 Å². The number of ether oxygens (including phenoxy) is 1. The Kier molecular flexibility index (Phi) is 12.1. The lowest BCUT2D eigenvalue weighted by Crippen LogP contribution is -2.40. The SMILES string of the molecule is Cc1c(NCCNCC(O)COc2ccccc2C#N)n(C)c(=O)n(C)c1=O.O=C(O)/C=C/C(=O)O. The number of carboxylic acid groups (broad SMARTS) is 2. The first kappa shape index (κ1) is 29.6. The van der Waals surface area contributed by atoms with Crippen LogP contribution in [0.3, 0.4) is 0 Å². The molecule has 0 saturated carbocycles. The van der Waals surface area contributed by atoms with Crippen LogP contribution >= 0.6 is 0 Å². The summed E-state index contributed by atoms with van der Waals surface area (Å²) in [5.41, 5.74) is 0.163. The minimum Gasteiger partial charge on any atom is -0.489 e. The van der Waals surface area contributed by atoms with E-state index in [2.05, 4.69) is 10.6 Å². The summed E-state index contributed by atoms with van der Waals surface area (Å²) in [6.45, 7) is 2.99. The van der Waals surface area contributed by atoms with Gasteiger partial charge in [-0.15, -0.1) is 0 Å². The van der Waals surface area contributed by atoms with Gasteiger partial charge in [-0.25, -0.2) is 14.4 Å². The summed E-state index contributed by atoms with van der Waals surface area (Å²) < 4.78 is 7.95. The molecule has 0 amide bonds. The fourth-order valence-electron chi connectivity index (χ4n) is 2.87. The minimum absolute atomic E-state index is 0.0570. The maximum Gasteiger partial charge on any atom is 0.332 e. The monoisotopic (exact) mass is 503 g/mol. The van der Waals surface area contributed by atoms with Crippen LogP contribution in [0.25, 0.3) is 0 Å². The largest absolute Gasteiger partial charge is 0.489 e. The van der Waals surface area contributed by atoms with Crippen molar-refractivity contribution in [1.82, 2.24) is 14.5 Å². The number of aliphatic hydroxyl groups excluding tert-OH is 1. The Labute approximate surface area is 206 Å². The van der Waals surface area contributed by atoms with Crippen LogP contribution in [-0.4, -0.2) is 68.7 Å². The lowest BCUT2D eigenvalue weighted by molar-refractivity contribution is -0.134. The highest BCUT2D eigenvalue weighted by atomic mass is 16.5. The third-order valence-corrected chi connectivity index (χ3v) is 4.67. The highest BCUT2D eigenvalue weighted by Crippen LogP contribution is 2.16. The molecule has 5 N–H and O–H groups in total. The third kappa shape index (κ3) is 9.45. The number of nitrogens with zero attached hydrogens (tertiary/aromatic N) is 3. The predicted octanol–water partition coefficient (Wildman–Crippen LogP) is -0.583. The van der Waals surface area contributed by atoms with Crippen molar-refractivity contribution in [3.8, 4) is 11.8 Å². The van der Waals surface area contributed by atoms with Gasteiger partial charge in [-0.05, 0) is 19.1 Å². The van der Waals surface area contributed by atoms with Crippen molar-refractivity contribution in [2.75, 3.05) is 31.6 Å². The van der Waals surface area contributed by atoms with Crippen LogP contribution in [-0.2, 0) is 23.7 Å². The van der Waals surface area contributed by atoms with E-state index in [1.807, 2.05) is 6.07 Å². The molecule has 0 saturated heterocycles. The first-order valence-corrected chi connectivity index (χ1v) is 10.6. The van der Waals surface area contributed by atoms with Crippen LogP contribution in [0.4, 0.5) is 5.82 Å². The van der Waals surface area contributed by atoms with E-state index in [0.29, 0.717) is 54.5 Å². The van der Waals surface area contributed by atoms with Crippen LogP contribution in [0.1, 0.15) is 11.1 Å². The molecule has 0 aliphatic heterocycles. The topological polar surface area (TPSA) is 196 Å². The first-order valence-electron chi connectivity index (χ1n) is 10.6. The zero-order chi connectivity index (χ0) is 27.3. The fraction of sp³-hybridized carbons (Fsp3) is 0.348. The van der Waals surface area contributed by atoms with Crippen molar-refractivity contribution < 1.29 is 29.6 Å². The van der Waals surface area contributed by atoms with Gasteiger partial charge in [0, 0.05) is 45.9 Å². The Morgan fingerprint density at radius 3 is 2.31 bits per heavy atom. The molecule has 2 aromatic rings. The first-order chi connectivity index (χ1) is 17.0. The molecule has 1 heterocycles. The lowest BCUT2D eigenvalue weighted by Gasteiger charge is -2.16. The van der Waals surface area contributed by atoms with Crippen LogP contribution in [0.2, 0.25) is 0 Å². The second-order valence-corrected chi connectivity index (χ2v) is 7.39. The highest BCUT2D eigenvalue weighted by Gasteiger charge is 2.11. The summed E-state index contributed by atoms with van der Waals surface area (Å²) in [6, 6.07) is 8.88. The Balaban J connectivity index is 0.000000697. The maximum atomic E-state index is 12.0. The second-order valence-electron chi connectivity index (χ2n) is 7.39. The van der Waals surface area contributed by atoms with E-state index in [-0.39, 0.29) is 12.2 Å². The highest BCUT2D eigenvalue weighted by molar-refractivity contribution is 5.89. The maximum absolute atomic E-state index is 12.0. The molecule has 13 heteroatoms. The number of carbonyl (C=O) groups is 2. The quantitative estimate of drug-likeness (QED) is 0.194. The van der Waals surface area contributed by atoms with Crippen LogP contribution < -0.4 is 26.6 Å². The van der Waals surface area contributed by atoms with Crippen LogP contribution in [0, 0.1) is 18.3 Å². The van der Waals surface area contributed by atoms with E-state index in [1.54, 1.807) is 38.2 Å². The van der Waals surface area contributed by atoms with Gasteiger partial charge in [0.15, 0.2) is 0 Å². The molecule has 0 aliphatic carbocycles. The third-order valence-electron chi connectivity index (χ3n) is 4.67. The molecule has 36 heavy (non-hydrogen) atoms. The fourth-order valence-corrected chi connectivity index (χ4v) is 2.87. The second kappa shape index (κ2) is 14.8. The molecule has 1 aromatic heterocycles.